The Labute approximate surface area is 113 Å². The van der Waals surface area contributed by atoms with Gasteiger partial charge in [0.15, 0.2) is 0 Å². The predicted octanol–water partition coefficient (Wildman–Crippen LogP) is 1.83. The monoisotopic (exact) mass is 257 g/mol. The van der Waals surface area contributed by atoms with Crippen LogP contribution in [0.15, 0.2) is 42.6 Å². The summed E-state index contributed by atoms with van der Waals surface area (Å²) in [4.78, 5) is 2.22. The molecule has 1 aromatic carbocycles. The SMILES string of the molecule is CCC1(O)CN(Cc2ccn(-c3ccccc3)n2)C1. The van der Waals surface area contributed by atoms with Crippen LogP contribution in [-0.2, 0) is 6.54 Å². The molecular formula is C15H19N3O. The van der Waals surface area contributed by atoms with Crippen molar-refractivity contribution in [2.75, 3.05) is 13.1 Å². The van der Waals surface area contributed by atoms with Gasteiger partial charge in [0, 0.05) is 25.8 Å². The minimum absolute atomic E-state index is 0.470. The first-order chi connectivity index (χ1) is 9.18. The van der Waals surface area contributed by atoms with E-state index in [-0.39, 0.29) is 0 Å². The third-order valence-electron chi connectivity index (χ3n) is 3.74. The maximum Gasteiger partial charge on any atom is 0.0897 e. The van der Waals surface area contributed by atoms with E-state index in [0.717, 1.165) is 37.4 Å². The molecule has 0 radical (unpaired) electrons. The first-order valence-corrected chi connectivity index (χ1v) is 6.73. The van der Waals surface area contributed by atoms with Crippen molar-refractivity contribution >= 4 is 0 Å². The molecular weight excluding hydrogens is 238 g/mol. The van der Waals surface area contributed by atoms with Gasteiger partial charge in [-0.15, -0.1) is 0 Å². The van der Waals surface area contributed by atoms with Gasteiger partial charge >= 0.3 is 0 Å². The molecule has 0 aliphatic carbocycles. The lowest BCUT2D eigenvalue weighted by molar-refractivity contribution is -0.103. The van der Waals surface area contributed by atoms with Gasteiger partial charge in [0.05, 0.1) is 17.0 Å². The third-order valence-corrected chi connectivity index (χ3v) is 3.74. The first kappa shape index (κ1) is 12.4. The van der Waals surface area contributed by atoms with Crippen LogP contribution < -0.4 is 0 Å². The molecule has 4 nitrogen and oxygen atoms in total. The standard InChI is InChI=1S/C15H19N3O/c1-2-15(19)11-17(12-15)10-13-8-9-18(16-13)14-6-4-3-5-7-14/h3-9,19H,2,10-12H2,1H3. The first-order valence-electron chi connectivity index (χ1n) is 6.73. The van der Waals surface area contributed by atoms with Crippen molar-refractivity contribution in [3.63, 3.8) is 0 Å². The highest BCUT2D eigenvalue weighted by Crippen LogP contribution is 2.25. The minimum atomic E-state index is -0.470. The fourth-order valence-corrected chi connectivity index (χ4v) is 2.52. The second-order valence-electron chi connectivity index (χ2n) is 5.31. The summed E-state index contributed by atoms with van der Waals surface area (Å²) in [5.41, 5.74) is 1.64. The molecule has 1 saturated heterocycles. The summed E-state index contributed by atoms with van der Waals surface area (Å²) >= 11 is 0. The lowest BCUT2D eigenvalue weighted by Crippen LogP contribution is -2.60. The van der Waals surface area contributed by atoms with Crippen LogP contribution in [0.5, 0.6) is 0 Å². The summed E-state index contributed by atoms with van der Waals surface area (Å²) < 4.78 is 1.89. The zero-order chi connectivity index (χ0) is 13.3. The number of nitrogens with zero attached hydrogens (tertiary/aromatic N) is 3. The van der Waals surface area contributed by atoms with Gasteiger partial charge in [-0.25, -0.2) is 4.68 Å². The Morgan fingerprint density at radius 1 is 1.21 bits per heavy atom. The largest absolute Gasteiger partial charge is 0.387 e. The fourth-order valence-electron chi connectivity index (χ4n) is 2.52. The number of hydrogen-bond acceptors (Lipinski definition) is 3. The molecule has 1 N–H and O–H groups in total. The molecule has 0 amide bonds. The van der Waals surface area contributed by atoms with Crippen molar-refractivity contribution in [3.8, 4) is 5.69 Å². The molecule has 100 valence electrons. The van der Waals surface area contributed by atoms with E-state index in [1.807, 2.05) is 54.2 Å². The molecule has 3 rings (SSSR count). The van der Waals surface area contributed by atoms with Gasteiger partial charge < -0.3 is 5.11 Å². The lowest BCUT2D eigenvalue weighted by atomic mass is 9.91. The summed E-state index contributed by atoms with van der Waals surface area (Å²) in [6, 6.07) is 12.1. The molecule has 19 heavy (non-hydrogen) atoms. The van der Waals surface area contributed by atoms with Crippen LogP contribution >= 0.6 is 0 Å². The van der Waals surface area contributed by atoms with Crippen LogP contribution in [0, 0.1) is 0 Å². The van der Waals surface area contributed by atoms with E-state index in [0.29, 0.717) is 0 Å². The quantitative estimate of drug-likeness (QED) is 0.908. The number of rotatable bonds is 4. The van der Waals surface area contributed by atoms with Crippen molar-refractivity contribution in [2.45, 2.75) is 25.5 Å². The Bertz CT molecular complexity index is 544. The van der Waals surface area contributed by atoms with E-state index >= 15 is 0 Å². The van der Waals surface area contributed by atoms with Crippen molar-refractivity contribution in [2.24, 2.45) is 0 Å². The smallest absolute Gasteiger partial charge is 0.0897 e. The van der Waals surface area contributed by atoms with Gasteiger partial charge in [0.1, 0.15) is 0 Å². The van der Waals surface area contributed by atoms with Gasteiger partial charge in [-0.3, -0.25) is 4.90 Å². The summed E-state index contributed by atoms with van der Waals surface area (Å²) in [6.45, 7) is 4.34. The van der Waals surface area contributed by atoms with E-state index in [1.165, 1.54) is 0 Å². The number of aromatic nitrogens is 2. The Kier molecular flexibility index (Phi) is 3.12. The summed E-state index contributed by atoms with van der Waals surface area (Å²) in [5.74, 6) is 0. The summed E-state index contributed by atoms with van der Waals surface area (Å²) in [5, 5.41) is 14.6. The molecule has 2 aromatic rings. The Morgan fingerprint density at radius 2 is 1.95 bits per heavy atom. The summed E-state index contributed by atoms with van der Waals surface area (Å²) in [7, 11) is 0. The number of likely N-dealkylation sites (tertiary alicyclic amines) is 1. The van der Waals surface area contributed by atoms with Crippen molar-refractivity contribution < 1.29 is 5.11 Å². The Morgan fingerprint density at radius 3 is 2.63 bits per heavy atom. The number of β-amino-alcohol motifs (C(OH)–C–C–N with tert-alkyl or cyclic N) is 1. The van der Waals surface area contributed by atoms with Crippen LogP contribution in [0.1, 0.15) is 19.0 Å². The van der Waals surface area contributed by atoms with E-state index in [4.69, 9.17) is 0 Å². The highest BCUT2D eigenvalue weighted by molar-refractivity contribution is 5.30. The number of aliphatic hydroxyl groups is 1. The maximum atomic E-state index is 9.98. The van der Waals surface area contributed by atoms with Crippen LogP contribution in [0.3, 0.4) is 0 Å². The number of para-hydroxylation sites is 1. The third kappa shape index (κ3) is 2.55. The topological polar surface area (TPSA) is 41.3 Å². The van der Waals surface area contributed by atoms with Crippen molar-refractivity contribution in [3.05, 3.63) is 48.3 Å². The zero-order valence-corrected chi connectivity index (χ0v) is 11.2. The Hall–Kier alpha value is -1.65. The second kappa shape index (κ2) is 4.79. The molecule has 1 fully saturated rings. The molecule has 0 unspecified atom stereocenters. The average molecular weight is 257 g/mol. The maximum absolute atomic E-state index is 9.98. The van der Waals surface area contributed by atoms with Gasteiger partial charge in [-0.2, -0.15) is 5.10 Å². The Balaban J connectivity index is 1.64. The van der Waals surface area contributed by atoms with E-state index in [1.54, 1.807) is 0 Å². The second-order valence-corrected chi connectivity index (χ2v) is 5.31. The van der Waals surface area contributed by atoms with Crippen LogP contribution in [0.25, 0.3) is 5.69 Å². The van der Waals surface area contributed by atoms with Crippen molar-refractivity contribution in [1.82, 2.24) is 14.7 Å². The lowest BCUT2D eigenvalue weighted by Gasteiger charge is -2.45. The summed E-state index contributed by atoms with van der Waals surface area (Å²) in [6.07, 6.45) is 2.80. The molecule has 0 atom stereocenters. The van der Waals surface area contributed by atoms with Gasteiger partial charge in [0.25, 0.3) is 0 Å². The molecule has 0 saturated carbocycles. The van der Waals surface area contributed by atoms with Crippen molar-refractivity contribution in [1.29, 1.82) is 0 Å². The molecule has 1 aromatic heterocycles. The zero-order valence-electron chi connectivity index (χ0n) is 11.2. The van der Waals surface area contributed by atoms with E-state index in [2.05, 4.69) is 10.00 Å². The molecule has 0 bridgehead atoms. The molecule has 4 heteroatoms. The van der Waals surface area contributed by atoms with E-state index in [9.17, 15) is 5.11 Å². The fraction of sp³-hybridized carbons (Fsp3) is 0.400. The molecule has 1 aliphatic rings. The van der Waals surface area contributed by atoms with Crippen LogP contribution in [0.2, 0.25) is 0 Å². The number of hydrogen-bond donors (Lipinski definition) is 1. The molecule has 0 spiro atoms. The van der Waals surface area contributed by atoms with Gasteiger partial charge in [-0.05, 0) is 24.6 Å². The highest BCUT2D eigenvalue weighted by Gasteiger charge is 2.39. The minimum Gasteiger partial charge on any atom is -0.387 e. The van der Waals surface area contributed by atoms with E-state index < -0.39 is 5.60 Å². The van der Waals surface area contributed by atoms with Crippen LogP contribution in [-0.4, -0.2) is 38.5 Å². The van der Waals surface area contributed by atoms with Crippen LogP contribution in [0.4, 0.5) is 0 Å². The molecule has 2 heterocycles. The normalized spacial score (nSPS) is 18.2. The predicted molar refractivity (Wildman–Crippen MR) is 74.1 cm³/mol. The highest BCUT2D eigenvalue weighted by atomic mass is 16.3. The van der Waals surface area contributed by atoms with Gasteiger partial charge in [0.2, 0.25) is 0 Å². The average Bonchev–Trinajstić information content (AvgIpc) is 2.86. The number of benzene rings is 1. The molecule has 1 aliphatic heterocycles. The van der Waals surface area contributed by atoms with Gasteiger partial charge in [-0.1, -0.05) is 25.1 Å².